The lowest BCUT2D eigenvalue weighted by atomic mass is 9.92. The number of benzene rings is 1. The van der Waals surface area contributed by atoms with Crippen molar-refractivity contribution in [1.82, 2.24) is 4.90 Å². The number of hydrogen-bond donors (Lipinski definition) is 1. The largest absolute Gasteiger partial charge is 0.507 e. The fraction of sp³-hybridized carbons (Fsp3) is 0.462. The molecular formula is C26H33NO6. The number of ether oxygens (including phenoxy) is 2. The van der Waals surface area contributed by atoms with Crippen LogP contribution in [0.4, 0.5) is 0 Å². The van der Waals surface area contributed by atoms with Gasteiger partial charge in [-0.15, -0.1) is 0 Å². The fourth-order valence-electron chi connectivity index (χ4n) is 4.13. The molecular weight excluding hydrogens is 422 g/mol. The van der Waals surface area contributed by atoms with Crippen LogP contribution in [0.2, 0.25) is 0 Å². The normalized spacial score (nSPS) is 18.1. The number of Topliss-reactive ketones (excluding diaryl/α,β-unsaturated/α-hetero) is 1. The Morgan fingerprint density at radius 1 is 1.21 bits per heavy atom. The molecule has 178 valence electrons. The minimum atomic E-state index is -0.803. The Morgan fingerprint density at radius 2 is 1.94 bits per heavy atom. The summed E-state index contributed by atoms with van der Waals surface area (Å²) in [6.07, 6.45) is 2.13. The molecule has 7 heteroatoms. The van der Waals surface area contributed by atoms with E-state index in [1.165, 1.54) is 11.2 Å². The molecule has 1 aromatic carbocycles. The summed E-state index contributed by atoms with van der Waals surface area (Å²) in [6, 6.07) is 6.28. The number of aryl methyl sites for hydroxylation is 1. The Balaban J connectivity index is 2.08. The minimum absolute atomic E-state index is 0.0303. The van der Waals surface area contributed by atoms with Crippen molar-refractivity contribution in [2.75, 3.05) is 20.3 Å². The summed E-state index contributed by atoms with van der Waals surface area (Å²) in [7, 11) is 1.60. The van der Waals surface area contributed by atoms with Gasteiger partial charge in [0.25, 0.3) is 11.7 Å². The summed E-state index contributed by atoms with van der Waals surface area (Å²) in [4.78, 5) is 27.6. The van der Waals surface area contributed by atoms with Crippen LogP contribution < -0.4 is 4.74 Å². The topological polar surface area (TPSA) is 89.2 Å². The van der Waals surface area contributed by atoms with Gasteiger partial charge in [-0.3, -0.25) is 9.59 Å². The van der Waals surface area contributed by atoms with E-state index in [0.29, 0.717) is 36.6 Å². The van der Waals surface area contributed by atoms with Gasteiger partial charge in [-0.1, -0.05) is 13.8 Å². The molecule has 0 bridgehead atoms. The summed E-state index contributed by atoms with van der Waals surface area (Å²) >= 11 is 0. The van der Waals surface area contributed by atoms with Crippen LogP contribution in [0.1, 0.15) is 68.5 Å². The number of rotatable bonds is 9. The van der Waals surface area contributed by atoms with Crippen LogP contribution in [-0.2, 0) is 14.3 Å². The third-order valence-corrected chi connectivity index (χ3v) is 5.80. The number of nitrogens with zero attached hydrogens (tertiary/aromatic N) is 1. The summed E-state index contributed by atoms with van der Waals surface area (Å²) in [6.45, 7) is 10.5. The Kier molecular flexibility index (Phi) is 7.64. The maximum absolute atomic E-state index is 13.1. The summed E-state index contributed by atoms with van der Waals surface area (Å²) in [5, 5.41) is 11.4. The quantitative estimate of drug-likeness (QED) is 0.249. The molecule has 1 N–H and O–H groups in total. The zero-order valence-corrected chi connectivity index (χ0v) is 20.2. The standard InChI is InChI=1S/C26H33NO6/c1-15(2)18-14-19(17(5)13-21(18)31-6)24(28)22-23(20-9-7-11-33-20)27(26(30)25(22)29)10-8-12-32-16(3)4/h7,9,11,13-16,23,28H,8,10,12H2,1-6H3/b24-22+. The van der Waals surface area contributed by atoms with Gasteiger partial charge in [0.05, 0.1) is 25.1 Å². The monoisotopic (exact) mass is 455 g/mol. The van der Waals surface area contributed by atoms with Crippen molar-refractivity contribution in [2.45, 2.75) is 59.1 Å². The Bertz CT molecular complexity index is 1040. The first-order chi connectivity index (χ1) is 15.7. The van der Waals surface area contributed by atoms with Gasteiger partial charge in [0.1, 0.15) is 23.3 Å². The number of carbonyl (C=O) groups excluding carboxylic acids is 2. The van der Waals surface area contributed by atoms with Crippen molar-refractivity contribution in [3.8, 4) is 5.75 Å². The molecule has 0 saturated carbocycles. The second-order valence-electron chi connectivity index (χ2n) is 8.84. The van der Waals surface area contributed by atoms with Crippen LogP contribution in [0.25, 0.3) is 5.76 Å². The van der Waals surface area contributed by atoms with Crippen LogP contribution in [0.5, 0.6) is 5.75 Å². The maximum atomic E-state index is 13.1. The van der Waals surface area contributed by atoms with Crippen molar-refractivity contribution in [3.63, 3.8) is 0 Å². The van der Waals surface area contributed by atoms with Gasteiger partial charge in [-0.05, 0) is 68.5 Å². The second kappa shape index (κ2) is 10.3. The number of carbonyl (C=O) groups is 2. The number of methoxy groups -OCH3 is 1. The number of amides is 1. The highest BCUT2D eigenvalue weighted by Gasteiger charge is 2.47. The van der Waals surface area contributed by atoms with E-state index in [1.54, 1.807) is 19.2 Å². The first-order valence-electron chi connectivity index (χ1n) is 11.3. The lowest BCUT2D eigenvalue weighted by molar-refractivity contribution is -0.140. The lowest BCUT2D eigenvalue weighted by Crippen LogP contribution is -2.31. The van der Waals surface area contributed by atoms with E-state index in [1.807, 2.05) is 46.8 Å². The molecule has 1 aliphatic heterocycles. The maximum Gasteiger partial charge on any atom is 0.295 e. The highest BCUT2D eigenvalue weighted by Crippen LogP contribution is 2.41. The molecule has 1 fully saturated rings. The average molecular weight is 456 g/mol. The van der Waals surface area contributed by atoms with Crippen LogP contribution in [0, 0.1) is 6.92 Å². The third kappa shape index (κ3) is 4.98. The van der Waals surface area contributed by atoms with E-state index >= 15 is 0 Å². The van der Waals surface area contributed by atoms with Gasteiger partial charge >= 0.3 is 0 Å². The van der Waals surface area contributed by atoms with E-state index in [2.05, 4.69) is 0 Å². The van der Waals surface area contributed by atoms with Crippen molar-refractivity contribution < 1.29 is 28.6 Å². The molecule has 0 radical (unpaired) electrons. The minimum Gasteiger partial charge on any atom is -0.507 e. The van der Waals surface area contributed by atoms with Gasteiger partial charge in [-0.25, -0.2) is 0 Å². The Morgan fingerprint density at radius 3 is 2.52 bits per heavy atom. The molecule has 7 nitrogen and oxygen atoms in total. The molecule has 1 aliphatic rings. The van der Waals surface area contributed by atoms with Gasteiger partial charge < -0.3 is 23.9 Å². The fourth-order valence-corrected chi connectivity index (χ4v) is 4.13. The summed E-state index contributed by atoms with van der Waals surface area (Å²) in [5.74, 6) is -0.310. The van der Waals surface area contributed by atoms with Crippen molar-refractivity contribution >= 4 is 17.4 Å². The molecule has 0 spiro atoms. The van der Waals surface area contributed by atoms with E-state index in [0.717, 1.165) is 11.1 Å². The number of ketones is 1. The van der Waals surface area contributed by atoms with Crippen molar-refractivity contribution in [1.29, 1.82) is 0 Å². The highest BCUT2D eigenvalue weighted by molar-refractivity contribution is 6.46. The first-order valence-corrected chi connectivity index (χ1v) is 11.3. The summed E-state index contributed by atoms with van der Waals surface area (Å²) < 4.78 is 16.7. The molecule has 2 heterocycles. The van der Waals surface area contributed by atoms with Gasteiger partial charge in [0.15, 0.2) is 0 Å². The van der Waals surface area contributed by atoms with E-state index < -0.39 is 17.7 Å². The smallest absolute Gasteiger partial charge is 0.295 e. The van der Waals surface area contributed by atoms with Crippen LogP contribution >= 0.6 is 0 Å². The molecule has 1 atom stereocenters. The Hall–Kier alpha value is -3.06. The van der Waals surface area contributed by atoms with E-state index in [9.17, 15) is 14.7 Å². The van der Waals surface area contributed by atoms with Gasteiger partial charge in [-0.2, -0.15) is 0 Å². The molecule has 1 saturated heterocycles. The average Bonchev–Trinajstić information content (AvgIpc) is 3.37. The van der Waals surface area contributed by atoms with Crippen molar-refractivity contribution in [3.05, 3.63) is 58.6 Å². The molecule has 2 aromatic rings. The number of hydrogen-bond acceptors (Lipinski definition) is 6. The molecule has 0 aliphatic carbocycles. The first kappa shape index (κ1) is 24.6. The van der Waals surface area contributed by atoms with Gasteiger partial charge in [0, 0.05) is 18.7 Å². The number of aliphatic hydroxyl groups excluding tert-OH is 1. The Labute approximate surface area is 195 Å². The van der Waals surface area contributed by atoms with Crippen molar-refractivity contribution in [2.24, 2.45) is 0 Å². The molecule has 33 heavy (non-hydrogen) atoms. The van der Waals surface area contributed by atoms with Crippen LogP contribution in [0.3, 0.4) is 0 Å². The number of furan rings is 1. The molecule has 1 amide bonds. The van der Waals surface area contributed by atoms with Crippen LogP contribution in [0.15, 0.2) is 40.5 Å². The SMILES string of the molecule is COc1cc(C)c(/C(O)=C2\C(=O)C(=O)N(CCCOC(C)C)C2c2ccco2)cc1C(C)C. The predicted molar refractivity (Wildman–Crippen MR) is 125 cm³/mol. The number of aliphatic hydroxyl groups is 1. The zero-order chi connectivity index (χ0) is 24.3. The molecule has 1 unspecified atom stereocenters. The summed E-state index contributed by atoms with van der Waals surface area (Å²) in [5.41, 5.74) is 2.17. The van der Waals surface area contributed by atoms with E-state index in [-0.39, 0.29) is 23.4 Å². The highest BCUT2D eigenvalue weighted by atomic mass is 16.5. The molecule has 1 aromatic heterocycles. The third-order valence-electron chi connectivity index (χ3n) is 5.80. The predicted octanol–water partition coefficient (Wildman–Crippen LogP) is 4.96. The zero-order valence-electron chi connectivity index (χ0n) is 20.2. The number of likely N-dealkylation sites (tertiary alicyclic amines) is 1. The van der Waals surface area contributed by atoms with Gasteiger partial charge in [0.2, 0.25) is 0 Å². The molecule has 3 rings (SSSR count). The lowest BCUT2D eigenvalue weighted by Gasteiger charge is -2.24. The van der Waals surface area contributed by atoms with Crippen LogP contribution in [-0.4, -0.2) is 48.1 Å². The second-order valence-corrected chi connectivity index (χ2v) is 8.84. The van der Waals surface area contributed by atoms with E-state index in [4.69, 9.17) is 13.9 Å².